The van der Waals surface area contributed by atoms with Gasteiger partial charge in [0, 0.05) is 0 Å². The maximum absolute atomic E-state index is 8.97. The summed E-state index contributed by atoms with van der Waals surface area (Å²) in [6.07, 6.45) is -7.12. The molecule has 0 spiro atoms. The Morgan fingerprint density at radius 2 is 1.80 bits per heavy atom. The van der Waals surface area contributed by atoms with Crippen molar-refractivity contribution >= 4 is 0 Å². The predicted molar refractivity (Wildman–Crippen MR) is 30.0 cm³/mol. The summed E-state index contributed by atoms with van der Waals surface area (Å²) in [7, 11) is 0. The fraction of sp³-hybridized carbons (Fsp3) is 1.00. The van der Waals surface area contributed by atoms with E-state index < -0.39 is 31.2 Å². The third kappa shape index (κ3) is 1.28. The van der Waals surface area contributed by atoms with E-state index in [0.29, 0.717) is 0 Å². The Morgan fingerprint density at radius 3 is 2.40 bits per heavy atom. The minimum atomic E-state index is -2.54. The maximum atomic E-state index is 8.97. The second kappa shape index (κ2) is 2.81. The van der Waals surface area contributed by atoms with E-state index in [-0.39, 0.29) is 0 Å². The van der Waals surface area contributed by atoms with Gasteiger partial charge in [0.05, 0.1) is 9.30 Å². The molecule has 0 aromatic rings. The van der Waals surface area contributed by atoms with Gasteiger partial charge in [-0.05, 0) is 0 Å². The number of aliphatic hydroxyl groups excluding tert-OH is 4. The molecule has 1 unspecified atom stereocenters. The Bertz CT molecular complexity index is 175. The Hall–Kier alpha value is -0.200. The minimum Gasteiger partial charge on any atom is -0.388 e. The van der Waals surface area contributed by atoms with Crippen LogP contribution in [0.1, 0.15) is 2.74 Å². The van der Waals surface area contributed by atoms with Crippen molar-refractivity contribution in [3.63, 3.8) is 0 Å². The van der Waals surface area contributed by atoms with Gasteiger partial charge in [-0.1, -0.05) is 0 Å². The third-order valence-electron chi connectivity index (χ3n) is 1.28. The summed E-state index contributed by atoms with van der Waals surface area (Å²) < 4.78 is 18.1. The molecule has 0 bridgehead atoms. The van der Waals surface area contributed by atoms with Crippen LogP contribution in [0.3, 0.4) is 0 Å². The molecular weight excluding hydrogens is 140 g/mol. The van der Waals surface area contributed by atoms with E-state index in [1.54, 1.807) is 0 Å². The average Bonchev–Trinajstić information content (AvgIpc) is 1.97. The smallest absolute Gasteiger partial charge is 0.183 e. The maximum Gasteiger partial charge on any atom is 0.183 e. The molecule has 0 aliphatic carbocycles. The number of hydrogen-bond donors (Lipinski definition) is 4. The van der Waals surface area contributed by atoms with E-state index in [1.165, 1.54) is 0 Å². The Balaban J connectivity index is 2.78. The zero-order valence-electron chi connectivity index (χ0n) is 7.01. The lowest BCUT2D eigenvalue weighted by Crippen LogP contribution is -2.52. The molecule has 0 amide bonds. The largest absolute Gasteiger partial charge is 0.388 e. The topological polar surface area (TPSA) is 90.2 Å². The molecule has 0 radical (unpaired) electrons. The molecule has 1 fully saturated rings. The van der Waals surface area contributed by atoms with E-state index in [2.05, 4.69) is 4.74 Å². The van der Waals surface area contributed by atoms with Gasteiger partial charge in [-0.3, -0.25) is 0 Å². The first-order valence-electron chi connectivity index (χ1n) is 3.76. The van der Waals surface area contributed by atoms with Crippen LogP contribution in [0.25, 0.3) is 0 Å². The van der Waals surface area contributed by atoms with Gasteiger partial charge in [0.15, 0.2) is 6.29 Å². The number of ether oxygens (including phenoxy) is 1. The predicted octanol–water partition coefficient (Wildman–Crippen LogP) is -2.58. The monoisotopic (exact) mass is 152 g/mol. The molecule has 4 atom stereocenters. The minimum absolute atomic E-state index is 1.69. The highest BCUT2D eigenvalue weighted by Gasteiger charge is 2.36. The van der Waals surface area contributed by atoms with Crippen LogP contribution in [0.2, 0.25) is 0 Å². The van der Waals surface area contributed by atoms with Crippen molar-refractivity contribution in [3.8, 4) is 0 Å². The van der Waals surface area contributed by atoms with Gasteiger partial charge in [0.1, 0.15) is 18.3 Å². The van der Waals surface area contributed by atoms with Gasteiger partial charge in [-0.15, -0.1) is 0 Å². The SMILES string of the molecule is [2H]C1([2H])OC(O)[C@H](O)[C@H](O)[C@@H]1O. The lowest BCUT2D eigenvalue weighted by Gasteiger charge is -2.31. The molecule has 5 heteroatoms. The van der Waals surface area contributed by atoms with Crippen LogP contribution >= 0.6 is 0 Å². The summed E-state index contributed by atoms with van der Waals surface area (Å²) in [6.45, 7) is -2.54. The molecule has 1 rings (SSSR count). The number of aliphatic hydroxyl groups is 4. The zero-order chi connectivity index (χ0) is 9.52. The van der Waals surface area contributed by atoms with Crippen LogP contribution in [0.5, 0.6) is 0 Å². The first-order valence-corrected chi connectivity index (χ1v) is 2.76. The summed E-state index contributed by atoms with van der Waals surface area (Å²) in [4.78, 5) is 0. The fourth-order valence-corrected chi connectivity index (χ4v) is 0.634. The summed E-state index contributed by atoms with van der Waals surface area (Å²) in [5, 5.41) is 35.7. The molecule has 1 heterocycles. The van der Waals surface area contributed by atoms with Gasteiger partial charge in [-0.25, -0.2) is 0 Å². The highest BCUT2D eigenvalue weighted by molar-refractivity contribution is 4.81. The van der Waals surface area contributed by atoms with E-state index >= 15 is 0 Å². The zero-order valence-corrected chi connectivity index (χ0v) is 5.01. The van der Waals surface area contributed by atoms with Gasteiger partial charge in [-0.2, -0.15) is 0 Å². The van der Waals surface area contributed by atoms with Crippen molar-refractivity contribution < 1.29 is 27.9 Å². The van der Waals surface area contributed by atoms with Gasteiger partial charge < -0.3 is 25.2 Å². The van der Waals surface area contributed by atoms with Crippen molar-refractivity contribution in [2.45, 2.75) is 24.6 Å². The van der Waals surface area contributed by atoms with Crippen LogP contribution in [0.4, 0.5) is 0 Å². The van der Waals surface area contributed by atoms with E-state index in [0.717, 1.165) is 0 Å². The quantitative estimate of drug-likeness (QED) is 0.306. The van der Waals surface area contributed by atoms with Crippen LogP contribution in [0, 0.1) is 0 Å². The van der Waals surface area contributed by atoms with Crippen LogP contribution < -0.4 is 0 Å². The summed E-state index contributed by atoms with van der Waals surface area (Å²) in [6, 6.07) is 0. The molecule has 0 aromatic heterocycles. The standard InChI is InChI=1S/C5H10O5/c6-2-1-10-5(9)4(8)3(2)7/h2-9H,1H2/t2-,3-,4-,5?/m1/s1/i1D2. The number of rotatable bonds is 0. The first kappa shape index (κ1) is 5.45. The first-order chi connectivity index (χ1) is 5.36. The van der Waals surface area contributed by atoms with Crippen LogP contribution in [0.15, 0.2) is 0 Å². The Morgan fingerprint density at radius 1 is 1.20 bits per heavy atom. The number of hydrogen-bond acceptors (Lipinski definition) is 5. The summed E-state index contributed by atoms with van der Waals surface area (Å²) in [5.41, 5.74) is 0. The highest BCUT2D eigenvalue weighted by atomic mass is 16.6. The molecule has 1 aliphatic rings. The van der Waals surface area contributed by atoms with Crippen molar-refractivity contribution in [2.75, 3.05) is 6.56 Å². The molecule has 0 aromatic carbocycles. The second-order valence-corrected chi connectivity index (χ2v) is 2.05. The summed E-state index contributed by atoms with van der Waals surface area (Å²) >= 11 is 0. The molecule has 1 saturated heterocycles. The van der Waals surface area contributed by atoms with Crippen molar-refractivity contribution in [3.05, 3.63) is 0 Å². The highest BCUT2D eigenvalue weighted by Crippen LogP contribution is 2.12. The van der Waals surface area contributed by atoms with Crippen LogP contribution in [-0.4, -0.2) is 51.6 Å². The summed E-state index contributed by atoms with van der Waals surface area (Å²) in [5.74, 6) is 0. The molecule has 1 aliphatic heterocycles. The molecular formula is C5H10O5. The van der Waals surface area contributed by atoms with Crippen molar-refractivity contribution in [1.82, 2.24) is 0 Å². The third-order valence-corrected chi connectivity index (χ3v) is 1.28. The molecule has 60 valence electrons. The lowest BCUT2D eigenvalue weighted by molar-refractivity contribution is -0.252. The van der Waals surface area contributed by atoms with Gasteiger partial charge in [0.2, 0.25) is 0 Å². The van der Waals surface area contributed by atoms with Gasteiger partial charge >= 0.3 is 0 Å². The van der Waals surface area contributed by atoms with Crippen molar-refractivity contribution in [1.29, 1.82) is 0 Å². The fourth-order valence-electron chi connectivity index (χ4n) is 0.634. The van der Waals surface area contributed by atoms with Gasteiger partial charge in [0.25, 0.3) is 0 Å². The average molecular weight is 152 g/mol. The Labute approximate surface area is 60.3 Å². The van der Waals surface area contributed by atoms with Crippen molar-refractivity contribution in [2.24, 2.45) is 0 Å². The van der Waals surface area contributed by atoms with E-state index in [9.17, 15) is 0 Å². The van der Waals surface area contributed by atoms with Crippen LogP contribution in [-0.2, 0) is 4.74 Å². The lowest BCUT2D eigenvalue weighted by atomic mass is 10.1. The second-order valence-electron chi connectivity index (χ2n) is 2.05. The van der Waals surface area contributed by atoms with E-state index in [1.807, 2.05) is 0 Å². The molecule has 5 nitrogen and oxygen atoms in total. The molecule has 0 saturated carbocycles. The van der Waals surface area contributed by atoms with E-state index in [4.69, 9.17) is 23.2 Å². The molecule has 10 heavy (non-hydrogen) atoms. The normalized spacial score (nSPS) is 57.2. The molecule has 4 N–H and O–H groups in total. The Kier molecular flexibility index (Phi) is 1.53.